The first-order valence-electron chi connectivity index (χ1n) is 5.99. The Morgan fingerprint density at radius 2 is 2.16 bits per heavy atom. The van der Waals surface area contributed by atoms with Crippen molar-refractivity contribution < 1.29 is 8.81 Å². The van der Waals surface area contributed by atoms with E-state index in [0.29, 0.717) is 16.7 Å². The molecule has 0 radical (unpaired) electrons. The van der Waals surface area contributed by atoms with Crippen LogP contribution in [0.1, 0.15) is 23.1 Å². The zero-order valence-corrected chi connectivity index (χ0v) is 10.7. The Hall–Kier alpha value is -2.14. The van der Waals surface area contributed by atoms with Crippen molar-refractivity contribution in [2.24, 2.45) is 12.8 Å². The molecule has 5 heteroatoms. The van der Waals surface area contributed by atoms with E-state index in [-0.39, 0.29) is 5.82 Å². The molecule has 3 rings (SSSR count). The number of fused-ring (bicyclic) bond motifs is 1. The van der Waals surface area contributed by atoms with E-state index in [4.69, 9.17) is 10.2 Å². The SMILES string of the molecule is Cc1c(C(N)c2cc3cc(F)ccc3o2)cnn1C. The molecule has 19 heavy (non-hydrogen) atoms. The molecule has 0 saturated carbocycles. The Labute approximate surface area is 109 Å². The van der Waals surface area contributed by atoms with Crippen molar-refractivity contribution in [3.05, 3.63) is 53.3 Å². The number of hydrogen-bond donors (Lipinski definition) is 1. The third-order valence-corrected chi connectivity index (χ3v) is 3.41. The fourth-order valence-electron chi connectivity index (χ4n) is 2.16. The van der Waals surface area contributed by atoms with Crippen LogP contribution < -0.4 is 5.73 Å². The maximum absolute atomic E-state index is 13.2. The summed E-state index contributed by atoms with van der Waals surface area (Å²) < 4.78 is 20.6. The van der Waals surface area contributed by atoms with Gasteiger partial charge in [0.2, 0.25) is 0 Å². The van der Waals surface area contributed by atoms with Gasteiger partial charge in [0.25, 0.3) is 0 Å². The molecule has 0 saturated heterocycles. The quantitative estimate of drug-likeness (QED) is 0.769. The average Bonchev–Trinajstić information content (AvgIpc) is 2.93. The fourth-order valence-corrected chi connectivity index (χ4v) is 2.16. The second kappa shape index (κ2) is 4.20. The number of aryl methyl sites for hydroxylation is 1. The van der Waals surface area contributed by atoms with Crippen molar-refractivity contribution in [1.29, 1.82) is 0 Å². The van der Waals surface area contributed by atoms with Gasteiger partial charge in [-0.05, 0) is 31.2 Å². The van der Waals surface area contributed by atoms with Gasteiger partial charge in [0.1, 0.15) is 17.2 Å². The number of furan rings is 1. The number of aromatic nitrogens is 2. The van der Waals surface area contributed by atoms with Crippen LogP contribution in [0.15, 0.2) is 34.9 Å². The third kappa shape index (κ3) is 1.92. The van der Waals surface area contributed by atoms with Crippen LogP contribution in [0, 0.1) is 12.7 Å². The highest BCUT2D eigenvalue weighted by molar-refractivity contribution is 5.78. The van der Waals surface area contributed by atoms with Crippen molar-refractivity contribution in [2.45, 2.75) is 13.0 Å². The first kappa shape index (κ1) is 11.9. The molecule has 0 bridgehead atoms. The molecule has 1 unspecified atom stereocenters. The van der Waals surface area contributed by atoms with Gasteiger partial charge in [-0.25, -0.2) is 4.39 Å². The molecule has 0 spiro atoms. The van der Waals surface area contributed by atoms with Gasteiger partial charge < -0.3 is 10.2 Å². The van der Waals surface area contributed by atoms with Crippen molar-refractivity contribution in [2.75, 3.05) is 0 Å². The van der Waals surface area contributed by atoms with Crippen LogP contribution in [-0.2, 0) is 7.05 Å². The smallest absolute Gasteiger partial charge is 0.134 e. The first-order valence-corrected chi connectivity index (χ1v) is 5.99. The van der Waals surface area contributed by atoms with Gasteiger partial charge in [0, 0.05) is 23.7 Å². The molecule has 1 aromatic carbocycles. The van der Waals surface area contributed by atoms with E-state index < -0.39 is 6.04 Å². The number of benzene rings is 1. The van der Waals surface area contributed by atoms with Crippen molar-refractivity contribution in [3.8, 4) is 0 Å². The van der Waals surface area contributed by atoms with Gasteiger partial charge in [-0.2, -0.15) is 5.10 Å². The molecule has 2 heterocycles. The van der Waals surface area contributed by atoms with E-state index in [9.17, 15) is 4.39 Å². The molecule has 2 aromatic heterocycles. The minimum absolute atomic E-state index is 0.286. The van der Waals surface area contributed by atoms with Gasteiger partial charge in [-0.1, -0.05) is 0 Å². The van der Waals surface area contributed by atoms with Crippen LogP contribution in [0.25, 0.3) is 11.0 Å². The van der Waals surface area contributed by atoms with Gasteiger partial charge >= 0.3 is 0 Å². The number of hydrogen-bond acceptors (Lipinski definition) is 3. The molecule has 0 aliphatic carbocycles. The minimum atomic E-state index is -0.399. The van der Waals surface area contributed by atoms with E-state index in [0.717, 1.165) is 11.3 Å². The largest absolute Gasteiger partial charge is 0.459 e. The molecular formula is C14H14FN3O. The molecule has 0 aliphatic heterocycles. The van der Waals surface area contributed by atoms with Crippen LogP contribution in [0.4, 0.5) is 4.39 Å². The molecule has 0 aliphatic rings. The second-order valence-corrected chi connectivity index (χ2v) is 4.62. The highest BCUT2D eigenvalue weighted by Gasteiger charge is 2.18. The molecule has 0 fully saturated rings. The predicted octanol–water partition coefficient (Wildman–Crippen LogP) is 2.66. The van der Waals surface area contributed by atoms with Crippen molar-refractivity contribution in [3.63, 3.8) is 0 Å². The highest BCUT2D eigenvalue weighted by atomic mass is 19.1. The molecular weight excluding hydrogens is 245 g/mol. The zero-order valence-electron chi connectivity index (χ0n) is 10.7. The number of rotatable bonds is 2. The standard InChI is InChI=1S/C14H14FN3O/c1-8-11(7-17-18(8)2)14(16)13-6-9-5-10(15)3-4-12(9)19-13/h3-7,14H,16H2,1-2H3. The van der Waals surface area contributed by atoms with Crippen LogP contribution in [-0.4, -0.2) is 9.78 Å². The third-order valence-electron chi connectivity index (χ3n) is 3.41. The Kier molecular flexibility index (Phi) is 2.64. The highest BCUT2D eigenvalue weighted by Crippen LogP contribution is 2.28. The summed E-state index contributed by atoms with van der Waals surface area (Å²) >= 11 is 0. The first-order chi connectivity index (χ1) is 9.06. The molecule has 4 nitrogen and oxygen atoms in total. The van der Waals surface area contributed by atoms with E-state index in [1.54, 1.807) is 23.0 Å². The fraction of sp³-hybridized carbons (Fsp3) is 0.214. The molecule has 98 valence electrons. The van der Waals surface area contributed by atoms with Gasteiger partial charge in [0.05, 0.1) is 12.2 Å². The normalized spacial score (nSPS) is 13.1. The summed E-state index contributed by atoms with van der Waals surface area (Å²) in [6.07, 6.45) is 1.73. The summed E-state index contributed by atoms with van der Waals surface area (Å²) in [7, 11) is 1.86. The maximum Gasteiger partial charge on any atom is 0.134 e. The van der Waals surface area contributed by atoms with Crippen LogP contribution in [0.5, 0.6) is 0 Å². The molecule has 2 N–H and O–H groups in total. The van der Waals surface area contributed by atoms with E-state index in [2.05, 4.69) is 5.10 Å². The van der Waals surface area contributed by atoms with Crippen LogP contribution in [0.2, 0.25) is 0 Å². The monoisotopic (exact) mass is 259 g/mol. The zero-order chi connectivity index (χ0) is 13.6. The predicted molar refractivity (Wildman–Crippen MR) is 70.1 cm³/mol. The van der Waals surface area contributed by atoms with Crippen LogP contribution in [0.3, 0.4) is 0 Å². The van der Waals surface area contributed by atoms with Gasteiger partial charge in [-0.3, -0.25) is 4.68 Å². The number of nitrogens with zero attached hydrogens (tertiary/aromatic N) is 2. The Bertz CT molecular complexity index is 744. The lowest BCUT2D eigenvalue weighted by atomic mass is 10.1. The Morgan fingerprint density at radius 3 is 2.84 bits per heavy atom. The summed E-state index contributed by atoms with van der Waals surface area (Å²) in [5.41, 5.74) is 8.71. The minimum Gasteiger partial charge on any atom is -0.459 e. The average molecular weight is 259 g/mol. The lowest BCUT2D eigenvalue weighted by molar-refractivity contribution is 0.523. The Balaban J connectivity index is 2.06. The summed E-state index contributed by atoms with van der Waals surface area (Å²) in [6, 6.07) is 5.79. The van der Waals surface area contributed by atoms with E-state index >= 15 is 0 Å². The summed E-state index contributed by atoms with van der Waals surface area (Å²) in [4.78, 5) is 0. The molecule has 0 amide bonds. The number of halogens is 1. The summed E-state index contributed by atoms with van der Waals surface area (Å²) in [6.45, 7) is 1.95. The second-order valence-electron chi connectivity index (χ2n) is 4.62. The van der Waals surface area contributed by atoms with Gasteiger partial charge in [-0.15, -0.1) is 0 Å². The molecule has 1 atom stereocenters. The van der Waals surface area contributed by atoms with Gasteiger partial charge in [0.15, 0.2) is 0 Å². The Morgan fingerprint density at radius 1 is 1.37 bits per heavy atom. The topological polar surface area (TPSA) is 57.0 Å². The van der Waals surface area contributed by atoms with E-state index in [1.165, 1.54) is 12.1 Å². The van der Waals surface area contributed by atoms with Crippen molar-refractivity contribution >= 4 is 11.0 Å². The summed E-state index contributed by atoms with van der Waals surface area (Å²) in [5.74, 6) is 0.322. The summed E-state index contributed by atoms with van der Waals surface area (Å²) in [5, 5.41) is 4.88. The van der Waals surface area contributed by atoms with Crippen molar-refractivity contribution in [1.82, 2.24) is 9.78 Å². The molecule has 3 aromatic rings. The van der Waals surface area contributed by atoms with Crippen LogP contribution >= 0.6 is 0 Å². The maximum atomic E-state index is 13.2. The lowest BCUT2D eigenvalue weighted by Gasteiger charge is -2.07. The lowest BCUT2D eigenvalue weighted by Crippen LogP contribution is -2.11. The van der Waals surface area contributed by atoms with E-state index in [1.807, 2.05) is 14.0 Å². The number of nitrogens with two attached hydrogens (primary N) is 1.